The van der Waals surface area contributed by atoms with Crippen molar-refractivity contribution in [3.63, 3.8) is 0 Å². The molecule has 1 aromatic rings. The molecule has 0 bridgehead atoms. The molecule has 2 N–H and O–H groups in total. The lowest BCUT2D eigenvalue weighted by atomic mass is 10.4. The normalized spacial score (nSPS) is 18.7. The van der Waals surface area contributed by atoms with Crippen LogP contribution in [0.15, 0.2) is 25.3 Å². The summed E-state index contributed by atoms with van der Waals surface area (Å²) in [5, 5.41) is 6.15. The van der Waals surface area contributed by atoms with Gasteiger partial charge in [-0.05, 0) is 45.0 Å². The van der Waals surface area contributed by atoms with E-state index < -0.39 is 10.2 Å². The van der Waals surface area contributed by atoms with Crippen molar-refractivity contribution in [3.8, 4) is 0 Å². The SMILES string of the molecule is CN(C)Cc1ccc(CSCCNC2=NS(=O)(=O)N=C2NCC2CC2)o1. The Morgan fingerprint density at radius 1 is 1.19 bits per heavy atom. The highest BCUT2D eigenvalue weighted by molar-refractivity contribution is 7.98. The lowest BCUT2D eigenvalue weighted by molar-refractivity contribution is 0.344. The zero-order valence-electron chi connectivity index (χ0n) is 15.1. The standard InChI is InChI=1S/C16H25N5O3S2/c1-21(2)10-13-5-6-14(24-13)11-25-8-7-17-15-16(18-9-12-3-4-12)20-26(22,23)19-15/h5-6,12H,3-4,7-11H2,1-2H3,(H,17,19)(H,18,20). The van der Waals surface area contributed by atoms with Crippen LogP contribution in [0.2, 0.25) is 0 Å². The fourth-order valence-electron chi connectivity index (χ4n) is 2.44. The van der Waals surface area contributed by atoms with E-state index in [4.69, 9.17) is 4.42 Å². The second-order valence-corrected chi connectivity index (χ2v) is 9.10. The van der Waals surface area contributed by atoms with Crippen LogP contribution < -0.4 is 10.6 Å². The molecule has 0 saturated heterocycles. The molecule has 1 aromatic heterocycles. The molecule has 1 aliphatic carbocycles. The molecule has 8 nitrogen and oxygen atoms in total. The maximum absolute atomic E-state index is 11.6. The molecule has 2 aliphatic rings. The first-order chi connectivity index (χ1) is 12.4. The topological polar surface area (TPSA) is 99.3 Å². The number of furan rings is 1. The Hall–Kier alpha value is -1.52. The van der Waals surface area contributed by atoms with Crippen LogP contribution >= 0.6 is 11.8 Å². The highest BCUT2D eigenvalue weighted by Crippen LogP contribution is 2.27. The summed E-state index contributed by atoms with van der Waals surface area (Å²) in [5.74, 6) is 4.76. The minimum absolute atomic E-state index is 0.317. The fraction of sp³-hybridized carbons (Fsp3) is 0.625. The van der Waals surface area contributed by atoms with Gasteiger partial charge >= 0.3 is 10.2 Å². The van der Waals surface area contributed by atoms with Gasteiger partial charge in [-0.2, -0.15) is 20.2 Å². The fourth-order valence-corrected chi connectivity index (χ4v) is 3.99. The first-order valence-electron chi connectivity index (χ1n) is 8.64. The Labute approximate surface area is 158 Å². The monoisotopic (exact) mass is 399 g/mol. The summed E-state index contributed by atoms with van der Waals surface area (Å²) < 4.78 is 36.3. The molecule has 1 aliphatic heterocycles. The molecular formula is C16H25N5O3S2. The van der Waals surface area contributed by atoms with Gasteiger partial charge in [0.25, 0.3) is 0 Å². The van der Waals surface area contributed by atoms with Crippen molar-refractivity contribution < 1.29 is 12.8 Å². The average molecular weight is 400 g/mol. The molecule has 0 amide bonds. The van der Waals surface area contributed by atoms with Gasteiger partial charge in [-0.1, -0.05) is 0 Å². The summed E-state index contributed by atoms with van der Waals surface area (Å²) in [6.07, 6.45) is 2.37. The van der Waals surface area contributed by atoms with Gasteiger partial charge < -0.3 is 20.0 Å². The Morgan fingerprint density at radius 2 is 1.88 bits per heavy atom. The van der Waals surface area contributed by atoms with Gasteiger partial charge in [-0.3, -0.25) is 0 Å². The zero-order chi connectivity index (χ0) is 18.6. The van der Waals surface area contributed by atoms with Crippen molar-refractivity contribution in [2.24, 2.45) is 14.7 Å². The second kappa shape index (κ2) is 8.45. The zero-order valence-corrected chi connectivity index (χ0v) is 16.7. The van der Waals surface area contributed by atoms with E-state index in [1.54, 1.807) is 11.8 Å². The Bertz CT molecular complexity index is 782. The molecule has 0 aromatic carbocycles. The minimum atomic E-state index is -3.74. The van der Waals surface area contributed by atoms with E-state index in [1.165, 1.54) is 12.8 Å². The third kappa shape index (κ3) is 6.03. The van der Waals surface area contributed by atoms with E-state index in [9.17, 15) is 8.42 Å². The molecule has 0 unspecified atom stereocenters. The Balaban J connectivity index is 1.38. The lowest BCUT2D eigenvalue weighted by Crippen LogP contribution is -2.40. The minimum Gasteiger partial charge on any atom is -0.464 e. The smallest absolute Gasteiger partial charge is 0.367 e. The number of rotatable bonds is 9. The van der Waals surface area contributed by atoms with Crippen molar-refractivity contribution >= 4 is 33.6 Å². The van der Waals surface area contributed by atoms with Gasteiger partial charge in [0, 0.05) is 18.8 Å². The average Bonchev–Trinajstić information content (AvgIpc) is 3.21. The van der Waals surface area contributed by atoms with Gasteiger partial charge in [0.1, 0.15) is 11.5 Å². The van der Waals surface area contributed by atoms with E-state index in [2.05, 4.69) is 24.3 Å². The van der Waals surface area contributed by atoms with Crippen LogP contribution in [0.3, 0.4) is 0 Å². The number of thioether (sulfide) groups is 1. The summed E-state index contributed by atoms with van der Waals surface area (Å²) in [7, 11) is 0.271. The molecule has 0 spiro atoms. The van der Waals surface area contributed by atoms with E-state index in [0.717, 1.165) is 36.1 Å². The van der Waals surface area contributed by atoms with Crippen LogP contribution in [-0.2, 0) is 22.5 Å². The lowest BCUT2D eigenvalue weighted by Gasteiger charge is -2.09. The summed E-state index contributed by atoms with van der Waals surface area (Å²) in [4.78, 5) is 2.06. The van der Waals surface area contributed by atoms with Crippen molar-refractivity contribution in [2.45, 2.75) is 25.1 Å². The maximum atomic E-state index is 11.6. The van der Waals surface area contributed by atoms with Gasteiger partial charge in [0.05, 0.1) is 12.3 Å². The molecule has 0 atom stereocenters. The summed E-state index contributed by atoms with van der Waals surface area (Å²) >= 11 is 1.72. The van der Waals surface area contributed by atoms with Gasteiger partial charge in [0.2, 0.25) is 0 Å². The molecular weight excluding hydrogens is 374 g/mol. The number of hydrogen-bond donors (Lipinski definition) is 2. The van der Waals surface area contributed by atoms with Crippen molar-refractivity contribution in [1.82, 2.24) is 15.5 Å². The molecule has 1 saturated carbocycles. The molecule has 0 radical (unpaired) electrons. The predicted octanol–water partition coefficient (Wildman–Crippen LogP) is 1.22. The first kappa shape index (κ1) is 19.2. The predicted molar refractivity (Wildman–Crippen MR) is 105 cm³/mol. The van der Waals surface area contributed by atoms with Crippen LogP contribution in [0.4, 0.5) is 0 Å². The second-order valence-electron chi connectivity index (χ2n) is 6.74. The molecule has 10 heteroatoms. The van der Waals surface area contributed by atoms with Crippen LogP contribution in [0.5, 0.6) is 0 Å². The number of nitrogens with zero attached hydrogens (tertiary/aromatic N) is 3. The Morgan fingerprint density at radius 3 is 2.58 bits per heavy atom. The molecule has 144 valence electrons. The molecule has 1 fully saturated rings. The summed E-state index contributed by atoms with van der Waals surface area (Å²) in [6.45, 7) is 2.14. The van der Waals surface area contributed by atoms with Crippen LogP contribution in [0, 0.1) is 5.92 Å². The quantitative estimate of drug-likeness (QED) is 0.602. The molecule has 3 rings (SSSR count). The highest BCUT2D eigenvalue weighted by Gasteiger charge is 2.27. The van der Waals surface area contributed by atoms with Crippen molar-refractivity contribution in [3.05, 3.63) is 23.7 Å². The number of hydrogen-bond acceptors (Lipinski definition) is 7. The van der Waals surface area contributed by atoms with E-state index in [0.29, 0.717) is 24.1 Å². The number of nitrogens with one attached hydrogen (secondary N) is 2. The summed E-state index contributed by atoms with van der Waals surface area (Å²) in [6, 6.07) is 4.00. The largest absolute Gasteiger partial charge is 0.464 e. The van der Waals surface area contributed by atoms with Gasteiger partial charge in [0.15, 0.2) is 11.7 Å². The number of amidine groups is 2. The first-order valence-corrected chi connectivity index (χ1v) is 11.2. The summed E-state index contributed by atoms with van der Waals surface area (Å²) in [5.41, 5.74) is 0. The van der Waals surface area contributed by atoms with E-state index in [1.807, 2.05) is 26.2 Å². The Kier molecular flexibility index (Phi) is 6.25. The molecule has 26 heavy (non-hydrogen) atoms. The highest BCUT2D eigenvalue weighted by atomic mass is 32.2. The maximum Gasteiger partial charge on any atom is 0.367 e. The third-order valence-electron chi connectivity index (χ3n) is 3.87. The van der Waals surface area contributed by atoms with Crippen LogP contribution in [0.25, 0.3) is 0 Å². The van der Waals surface area contributed by atoms with Gasteiger partial charge in [-0.15, -0.1) is 8.80 Å². The molecule has 2 heterocycles. The van der Waals surface area contributed by atoms with Crippen LogP contribution in [-0.4, -0.2) is 57.9 Å². The van der Waals surface area contributed by atoms with E-state index >= 15 is 0 Å². The van der Waals surface area contributed by atoms with Crippen molar-refractivity contribution in [2.75, 3.05) is 32.9 Å². The van der Waals surface area contributed by atoms with Crippen LogP contribution in [0.1, 0.15) is 24.4 Å². The van der Waals surface area contributed by atoms with Crippen molar-refractivity contribution in [1.29, 1.82) is 0 Å². The van der Waals surface area contributed by atoms with E-state index in [-0.39, 0.29) is 0 Å². The van der Waals surface area contributed by atoms with Gasteiger partial charge in [-0.25, -0.2) is 0 Å². The third-order valence-corrected chi connectivity index (χ3v) is 5.67.